The fourth-order valence-electron chi connectivity index (χ4n) is 3.32. The Labute approximate surface area is 169 Å². The van der Waals surface area contributed by atoms with E-state index in [9.17, 15) is 26.8 Å². The van der Waals surface area contributed by atoms with E-state index in [0.717, 1.165) is 22.5 Å². The average Bonchev–Trinajstić information content (AvgIpc) is 3.17. The number of carbonyl (C=O) groups is 1. The van der Waals surface area contributed by atoms with E-state index >= 15 is 0 Å². The molecule has 0 bridgehead atoms. The van der Waals surface area contributed by atoms with Crippen molar-refractivity contribution >= 4 is 27.7 Å². The highest BCUT2D eigenvalue weighted by molar-refractivity contribution is 7.99. The number of hydrogen-bond donors (Lipinski definition) is 0. The second kappa shape index (κ2) is 7.50. The lowest BCUT2D eigenvalue weighted by Gasteiger charge is -2.34. The molecule has 8 nitrogen and oxygen atoms in total. The molecule has 1 saturated heterocycles. The molecule has 1 aromatic heterocycles. The van der Waals surface area contributed by atoms with Gasteiger partial charge in [-0.05, 0) is 12.1 Å². The average molecular weight is 442 g/mol. The van der Waals surface area contributed by atoms with E-state index in [-0.39, 0.29) is 31.7 Å². The number of nitrogens with zero attached hydrogens (tertiary/aromatic N) is 4. The van der Waals surface area contributed by atoms with Crippen LogP contribution in [0.3, 0.4) is 0 Å². The number of hydrogen-bond acceptors (Lipinski definition) is 6. The van der Waals surface area contributed by atoms with E-state index in [1.54, 1.807) is 0 Å². The van der Waals surface area contributed by atoms with Crippen LogP contribution in [0.5, 0.6) is 0 Å². The fourth-order valence-corrected chi connectivity index (χ4v) is 5.77. The number of rotatable bonds is 3. The molecule has 0 aliphatic carbocycles. The van der Waals surface area contributed by atoms with Crippen LogP contribution in [0.25, 0.3) is 0 Å². The molecule has 0 unspecified atom stereocenters. The molecule has 154 valence electrons. The molecule has 0 N–H and O–H groups in total. The van der Waals surface area contributed by atoms with Crippen molar-refractivity contribution in [2.45, 2.75) is 16.6 Å². The van der Waals surface area contributed by atoms with Gasteiger partial charge in [0.25, 0.3) is 11.5 Å². The zero-order valence-electron chi connectivity index (χ0n) is 15.0. The Morgan fingerprint density at radius 2 is 1.72 bits per heavy atom. The van der Waals surface area contributed by atoms with Crippen LogP contribution in [0.4, 0.5) is 8.78 Å². The lowest BCUT2D eigenvalue weighted by molar-refractivity contribution is 0.0694. The Balaban J connectivity index is 1.51. The Kier molecular flexibility index (Phi) is 5.17. The minimum absolute atomic E-state index is 0.00984. The number of piperazine rings is 1. The highest BCUT2D eigenvalue weighted by Gasteiger charge is 2.35. The summed E-state index contributed by atoms with van der Waals surface area (Å²) in [5.74, 6) is -2.16. The van der Waals surface area contributed by atoms with Gasteiger partial charge in [-0.25, -0.2) is 22.2 Å². The van der Waals surface area contributed by atoms with E-state index in [2.05, 4.69) is 4.98 Å². The Morgan fingerprint density at radius 1 is 1.07 bits per heavy atom. The molecule has 0 atom stereocenters. The smallest absolute Gasteiger partial charge is 0.267 e. The highest BCUT2D eigenvalue weighted by Crippen LogP contribution is 2.24. The Morgan fingerprint density at radius 3 is 2.38 bits per heavy atom. The zero-order valence-corrected chi connectivity index (χ0v) is 16.7. The Bertz CT molecular complexity index is 1120. The van der Waals surface area contributed by atoms with Crippen LogP contribution in [0, 0.1) is 11.6 Å². The molecule has 1 amide bonds. The Hall–Kier alpha value is -2.31. The van der Waals surface area contributed by atoms with Crippen molar-refractivity contribution in [1.29, 1.82) is 0 Å². The van der Waals surface area contributed by atoms with Crippen LogP contribution in [0.1, 0.15) is 10.4 Å². The molecule has 29 heavy (non-hydrogen) atoms. The number of carbonyl (C=O) groups excluding carboxylic acids is 1. The normalized spacial score (nSPS) is 17.4. The topological polar surface area (TPSA) is 92.6 Å². The molecule has 0 spiro atoms. The maximum absolute atomic E-state index is 13.9. The van der Waals surface area contributed by atoms with E-state index < -0.39 is 38.0 Å². The molecule has 1 fully saturated rings. The van der Waals surface area contributed by atoms with Crippen LogP contribution < -0.4 is 5.56 Å². The van der Waals surface area contributed by atoms with Gasteiger partial charge in [0.2, 0.25) is 10.0 Å². The molecule has 0 radical (unpaired) electrons. The van der Waals surface area contributed by atoms with Crippen LogP contribution in [-0.2, 0) is 16.6 Å². The number of benzene rings is 1. The summed E-state index contributed by atoms with van der Waals surface area (Å²) in [4.78, 5) is 29.7. The molecular weight excluding hydrogens is 426 g/mol. The van der Waals surface area contributed by atoms with Gasteiger partial charge in [-0.3, -0.25) is 14.2 Å². The van der Waals surface area contributed by atoms with E-state index in [1.807, 2.05) is 0 Å². The summed E-state index contributed by atoms with van der Waals surface area (Å²) in [6.45, 7) is 0.177. The third kappa shape index (κ3) is 3.45. The van der Waals surface area contributed by atoms with Crippen LogP contribution in [0.15, 0.2) is 39.2 Å². The summed E-state index contributed by atoms with van der Waals surface area (Å²) in [7, 11) is -4.39. The van der Waals surface area contributed by atoms with Crippen molar-refractivity contribution in [1.82, 2.24) is 18.8 Å². The SMILES string of the molecule is O=C(c1cnc2n(c1=O)CCS2)N1CCN(S(=O)(=O)c2c(F)cccc2F)CC1. The lowest BCUT2D eigenvalue weighted by atomic mass is 10.2. The van der Waals surface area contributed by atoms with Crippen molar-refractivity contribution in [3.63, 3.8) is 0 Å². The minimum Gasteiger partial charge on any atom is -0.336 e. The predicted molar refractivity (Wildman–Crippen MR) is 100 cm³/mol. The summed E-state index contributed by atoms with van der Waals surface area (Å²) in [5, 5.41) is 0.564. The molecule has 1 aromatic carbocycles. The monoisotopic (exact) mass is 442 g/mol. The first-order valence-electron chi connectivity index (χ1n) is 8.77. The number of amides is 1. The number of aromatic nitrogens is 2. The van der Waals surface area contributed by atoms with E-state index in [1.165, 1.54) is 27.4 Å². The molecule has 4 rings (SSSR count). The lowest BCUT2D eigenvalue weighted by Crippen LogP contribution is -2.51. The van der Waals surface area contributed by atoms with Gasteiger partial charge < -0.3 is 4.90 Å². The maximum atomic E-state index is 13.9. The minimum atomic E-state index is -4.39. The van der Waals surface area contributed by atoms with Gasteiger partial charge in [0, 0.05) is 44.7 Å². The fraction of sp³-hybridized carbons (Fsp3) is 0.353. The van der Waals surface area contributed by atoms with Crippen molar-refractivity contribution in [2.24, 2.45) is 0 Å². The van der Waals surface area contributed by atoms with Crippen molar-refractivity contribution in [3.05, 3.63) is 51.9 Å². The van der Waals surface area contributed by atoms with E-state index in [0.29, 0.717) is 17.5 Å². The summed E-state index contributed by atoms with van der Waals surface area (Å²) in [5.41, 5.74) is -0.499. The van der Waals surface area contributed by atoms with Crippen molar-refractivity contribution in [3.8, 4) is 0 Å². The van der Waals surface area contributed by atoms with Gasteiger partial charge in [-0.2, -0.15) is 4.31 Å². The van der Waals surface area contributed by atoms with Crippen LogP contribution >= 0.6 is 11.8 Å². The van der Waals surface area contributed by atoms with Gasteiger partial charge >= 0.3 is 0 Å². The first kappa shape index (κ1) is 20.0. The summed E-state index contributed by atoms with van der Waals surface area (Å²) >= 11 is 1.43. The molecular formula is C17H16F2N4O4S2. The highest BCUT2D eigenvalue weighted by atomic mass is 32.2. The molecule has 2 aromatic rings. The van der Waals surface area contributed by atoms with Gasteiger partial charge in [0.1, 0.15) is 17.2 Å². The number of thioether (sulfide) groups is 1. The molecule has 2 aliphatic rings. The largest absolute Gasteiger partial charge is 0.336 e. The third-order valence-corrected chi connectivity index (χ3v) is 7.75. The number of fused-ring (bicyclic) bond motifs is 1. The zero-order chi connectivity index (χ0) is 20.8. The number of halogens is 2. The van der Waals surface area contributed by atoms with E-state index in [4.69, 9.17) is 0 Å². The standard InChI is InChI=1S/C17H16F2N4O4S2/c18-12-2-1-3-13(19)14(12)29(26,27)22-6-4-21(5-7-22)15(24)11-10-20-17-23(16(11)25)8-9-28-17/h1-3,10H,4-9H2. The first-order chi connectivity index (χ1) is 13.8. The van der Waals surface area contributed by atoms with Gasteiger partial charge in [-0.1, -0.05) is 17.8 Å². The second-order valence-electron chi connectivity index (χ2n) is 6.51. The summed E-state index contributed by atoms with van der Waals surface area (Å²) < 4.78 is 55.5. The van der Waals surface area contributed by atoms with Gasteiger partial charge in [-0.15, -0.1) is 0 Å². The van der Waals surface area contributed by atoms with Crippen molar-refractivity contribution < 1.29 is 22.0 Å². The predicted octanol–water partition coefficient (Wildman–Crippen LogP) is 0.774. The maximum Gasteiger partial charge on any atom is 0.267 e. The number of sulfonamides is 1. The molecule has 3 heterocycles. The summed E-state index contributed by atoms with van der Waals surface area (Å²) in [6, 6.07) is 2.84. The first-order valence-corrected chi connectivity index (χ1v) is 11.2. The van der Waals surface area contributed by atoms with Gasteiger partial charge in [0.05, 0.1) is 0 Å². The van der Waals surface area contributed by atoms with Crippen LogP contribution in [0.2, 0.25) is 0 Å². The van der Waals surface area contributed by atoms with Gasteiger partial charge in [0.15, 0.2) is 10.1 Å². The molecule has 0 saturated carbocycles. The summed E-state index contributed by atoms with van der Waals surface area (Å²) in [6.07, 6.45) is 1.24. The molecule has 12 heteroatoms. The second-order valence-corrected chi connectivity index (χ2v) is 9.44. The quantitative estimate of drug-likeness (QED) is 0.653. The van der Waals surface area contributed by atoms with Crippen molar-refractivity contribution in [2.75, 3.05) is 31.9 Å². The third-order valence-electron chi connectivity index (χ3n) is 4.83. The molecule has 2 aliphatic heterocycles. The van der Waals surface area contributed by atoms with Crippen LogP contribution in [-0.4, -0.2) is 65.0 Å².